The van der Waals surface area contributed by atoms with Crippen LogP contribution >= 0.6 is 15.6 Å². The molecule has 0 bridgehead atoms. The molecular weight excluding hydrogens is 1400 g/mol. The number of esters is 4. The van der Waals surface area contributed by atoms with Gasteiger partial charge in [0.1, 0.15) is 39.5 Å². The number of quaternary nitrogens is 2. The lowest BCUT2D eigenvalue weighted by molar-refractivity contribution is -0.870. The summed E-state index contributed by atoms with van der Waals surface area (Å²) in [6, 6.07) is 0. The summed E-state index contributed by atoms with van der Waals surface area (Å²) in [6.07, 6.45) is 76.0. The van der Waals surface area contributed by atoms with E-state index in [1.165, 1.54) is 244 Å². The summed E-state index contributed by atoms with van der Waals surface area (Å²) >= 11 is 0. The molecule has 18 nitrogen and oxygen atoms in total. The SMILES string of the molecule is CCCCCCCC/C=C\CCCCCCCC(=O)OC[C@H](COP(=O)([O-])OCC[N+](C)(C)C)OC(=O)CCCCCCC/C=C\CCCCCCCC.CCCCCCCCCCCCCCCCCC(=O)OC[C@H](COP(=O)([O-])OCC[N+](C)(C)C)OC(=O)CCCCCCCCCCCCCCCCC. The van der Waals surface area contributed by atoms with Gasteiger partial charge >= 0.3 is 23.9 Å². The molecule has 20 heteroatoms. The van der Waals surface area contributed by atoms with Crippen molar-refractivity contribution >= 4 is 39.5 Å². The number of likely N-dealkylation sites (N-methyl/N-ethyl adjacent to an activating group) is 2. The van der Waals surface area contributed by atoms with E-state index in [1.54, 1.807) is 0 Å². The zero-order chi connectivity index (χ0) is 80.0. The normalized spacial score (nSPS) is 13.7. The highest BCUT2D eigenvalue weighted by atomic mass is 31.2. The molecule has 0 aromatic heterocycles. The van der Waals surface area contributed by atoms with Gasteiger partial charge in [0.25, 0.3) is 15.6 Å². The summed E-state index contributed by atoms with van der Waals surface area (Å²) in [5.41, 5.74) is 0. The Hall–Kier alpha value is -2.50. The van der Waals surface area contributed by atoms with E-state index in [2.05, 4.69) is 52.0 Å². The van der Waals surface area contributed by atoms with Gasteiger partial charge in [0, 0.05) is 25.7 Å². The molecule has 0 aromatic carbocycles. The second-order valence-corrected chi connectivity index (χ2v) is 35.7. The Kier molecular flexibility index (Phi) is 78.1. The van der Waals surface area contributed by atoms with Crippen LogP contribution in [0.1, 0.15) is 413 Å². The van der Waals surface area contributed by atoms with E-state index in [4.69, 9.17) is 37.0 Å². The average molecular weight is 1580 g/mol. The number of phosphoric acid groups is 2. The highest BCUT2D eigenvalue weighted by Crippen LogP contribution is 2.39. The number of allylic oxidation sites excluding steroid dienone is 4. The molecule has 0 radical (unpaired) electrons. The third kappa shape index (κ3) is 87.5. The predicted octanol–water partition coefficient (Wildman–Crippen LogP) is 23.9. The van der Waals surface area contributed by atoms with Crippen molar-refractivity contribution in [3.8, 4) is 0 Å². The molecule has 0 aliphatic rings. The van der Waals surface area contributed by atoms with Crippen LogP contribution in [0.2, 0.25) is 0 Å². The van der Waals surface area contributed by atoms with Crippen molar-refractivity contribution in [2.24, 2.45) is 0 Å². The number of phosphoric ester groups is 2. The van der Waals surface area contributed by atoms with Crippen molar-refractivity contribution in [1.29, 1.82) is 0 Å². The van der Waals surface area contributed by atoms with Crippen LogP contribution in [-0.2, 0) is 65.4 Å². The van der Waals surface area contributed by atoms with Crippen molar-refractivity contribution < 1.29 is 84.1 Å². The monoisotopic (exact) mass is 1580 g/mol. The molecule has 108 heavy (non-hydrogen) atoms. The molecule has 0 aliphatic heterocycles. The van der Waals surface area contributed by atoms with Crippen molar-refractivity contribution in [2.45, 2.75) is 425 Å². The Bertz CT molecular complexity index is 2170. The quantitative estimate of drug-likeness (QED) is 0.0138. The van der Waals surface area contributed by atoms with Crippen LogP contribution in [0.4, 0.5) is 0 Å². The number of carbonyl (C=O) groups excluding carboxylic acids is 4. The number of hydrogen-bond donors (Lipinski definition) is 0. The first-order chi connectivity index (χ1) is 52.0. The minimum Gasteiger partial charge on any atom is -0.756 e. The summed E-state index contributed by atoms with van der Waals surface area (Å²) in [4.78, 5) is 75.0. The lowest BCUT2D eigenvalue weighted by Crippen LogP contribution is -2.37. The van der Waals surface area contributed by atoms with Crippen LogP contribution in [-0.4, -0.2) is 140 Å². The van der Waals surface area contributed by atoms with Gasteiger partial charge in [-0.2, -0.15) is 0 Å². The molecule has 0 rings (SSSR count). The maximum atomic E-state index is 12.7. The Morgan fingerprint density at radius 2 is 0.472 bits per heavy atom. The first kappa shape index (κ1) is 108. The molecular formula is C88H172N2O16P2. The molecule has 0 saturated heterocycles. The number of nitrogens with zero attached hydrogens (tertiary/aromatic N) is 2. The van der Waals surface area contributed by atoms with Crippen LogP contribution in [0.25, 0.3) is 0 Å². The fourth-order valence-electron chi connectivity index (χ4n) is 12.5. The molecule has 0 aliphatic carbocycles. The Labute approximate surface area is 664 Å². The van der Waals surface area contributed by atoms with E-state index in [1.807, 2.05) is 42.3 Å². The summed E-state index contributed by atoms with van der Waals surface area (Å²) in [5.74, 6) is -1.67. The second-order valence-electron chi connectivity index (χ2n) is 32.8. The maximum Gasteiger partial charge on any atom is 0.306 e. The number of hydrogen-bond acceptors (Lipinski definition) is 16. The standard InChI is InChI=1S/C44H88NO8P.C44H84NO8P/c2*1-6-8-10-12-14-16-18-20-22-24-26-28-30-32-34-36-43(46)50-40-42(41-52-54(48,49)51-39-38-45(3,4)5)53-44(47)37-35-33-31-29-27-25-23-21-19-17-15-13-11-9-7-2/h42H,6-41H2,1-5H3;20-23,42H,6-19,24-41H2,1-5H3/b;22-20-,23-21-/t2*42-/m11/s1. The third-order valence-corrected chi connectivity index (χ3v) is 21.5. The number of unbranched alkanes of at least 4 members (excludes halogenated alkanes) is 50. The van der Waals surface area contributed by atoms with Gasteiger partial charge in [0.2, 0.25) is 0 Å². The Morgan fingerprint density at radius 3 is 0.685 bits per heavy atom. The largest absolute Gasteiger partial charge is 0.756 e. The number of rotatable bonds is 82. The maximum absolute atomic E-state index is 12.7. The highest BCUT2D eigenvalue weighted by Gasteiger charge is 2.24. The van der Waals surface area contributed by atoms with E-state index >= 15 is 0 Å². The zero-order valence-electron chi connectivity index (χ0n) is 71.9. The van der Waals surface area contributed by atoms with Gasteiger partial charge < -0.3 is 55.8 Å². The molecule has 0 fully saturated rings. The van der Waals surface area contributed by atoms with Crippen LogP contribution in [0, 0.1) is 0 Å². The van der Waals surface area contributed by atoms with Crippen molar-refractivity contribution in [1.82, 2.24) is 0 Å². The first-order valence-corrected chi connectivity index (χ1v) is 47.7. The summed E-state index contributed by atoms with van der Waals surface area (Å²) in [5, 5.41) is 0. The van der Waals surface area contributed by atoms with Gasteiger partial charge in [-0.1, -0.05) is 335 Å². The lowest BCUT2D eigenvalue weighted by Gasteiger charge is -2.28. The van der Waals surface area contributed by atoms with Gasteiger partial charge in [-0.25, -0.2) is 0 Å². The van der Waals surface area contributed by atoms with Crippen LogP contribution in [0.3, 0.4) is 0 Å². The lowest BCUT2D eigenvalue weighted by atomic mass is 10.0. The second kappa shape index (κ2) is 78.4. The summed E-state index contributed by atoms with van der Waals surface area (Å²) in [6.45, 7) is 8.47. The van der Waals surface area contributed by atoms with E-state index < -0.39 is 59.0 Å². The molecule has 2 unspecified atom stereocenters. The molecule has 640 valence electrons. The molecule has 0 amide bonds. The Balaban J connectivity index is 0. The zero-order valence-corrected chi connectivity index (χ0v) is 73.7. The average Bonchev–Trinajstić information content (AvgIpc) is 0.907. The van der Waals surface area contributed by atoms with Crippen molar-refractivity contribution in [3.63, 3.8) is 0 Å². The van der Waals surface area contributed by atoms with Crippen molar-refractivity contribution in [2.75, 3.05) is 95.0 Å². The predicted molar refractivity (Wildman–Crippen MR) is 444 cm³/mol. The molecule has 0 heterocycles. The first-order valence-electron chi connectivity index (χ1n) is 44.8. The van der Waals surface area contributed by atoms with Gasteiger partial charge in [-0.3, -0.25) is 28.3 Å². The number of carbonyl (C=O) groups is 4. The molecule has 0 saturated carbocycles. The van der Waals surface area contributed by atoms with Crippen LogP contribution < -0.4 is 9.79 Å². The van der Waals surface area contributed by atoms with Gasteiger partial charge in [-0.15, -0.1) is 0 Å². The van der Waals surface area contributed by atoms with Gasteiger partial charge in [0.15, 0.2) is 12.2 Å². The summed E-state index contributed by atoms with van der Waals surface area (Å²) in [7, 11) is 2.34. The van der Waals surface area contributed by atoms with Gasteiger partial charge in [-0.05, 0) is 77.0 Å². The molecule has 0 aromatic rings. The van der Waals surface area contributed by atoms with E-state index in [-0.39, 0.29) is 58.1 Å². The van der Waals surface area contributed by atoms with Crippen molar-refractivity contribution in [3.05, 3.63) is 24.3 Å². The van der Waals surface area contributed by atoms with Gasteiger partial charge in [0.05, 0.1) is 55.5 Å². The summed E-state index contributed by atoms with van der Waals surface area (Å²) < 4.78 is 67.8. The molecule has 0 spiro atoms. The van der Waals surface area contributed by atoms with Crippen LogP contribution in [0.5, 0.6) is 0 Å². The fourth-order valence-corrected chi connectivity index (χ4v) is 13.9. The number of ether oxygens (including phenoxy) is 4. The minimum atomic E-state index is -4.62. The van der Waals surface area contributed by atoms with E-state index in [9.17, 15) is 38.1 Å². The van der Waals surface area contributed by atoms with E-state index in [0.29, 0.717) is 34.9 Å². The third-order valence-electron chi connectivity index (χ3n) is 19.6. The smallest absolute Gasteiger partial charge is 0.306 e. The van der Waals surface area contributed by atoms with E-state index in [0.717, 1.165) is 103 Å². The topological polar surface area (TPSA) is 222 Å². The Morgan fingerprint density at radius 1 is 0.278 bits per heavy atom. The highest BCUT2D eigenvalue weighted by molar-refractivity contribution is 7.46. The molecule has 4 atom stereocenters. The molecule has 0 N–H and O–H groups in total. The van der Waals surface area contributed by atoms with Crippen LogP contribution in [0.15, 0.2) is 24.3 Å². The minimum absolute atomic E-state index is 0.0256. The fraction of sp³-hybridized carbons (Fsp3) is 0.909.